The van der Waals surface area contributed by atoms with Crippen LogP contribution in [-0.2, 0) is 4.79 Å². The van der Waals surface area contributed by atoms with Gasteiger partial charge in [-0.3, -0.25) is 4.79 Å². The molecule has 2 N–H and O–H groups in total. The Morgan fingerprint density at radius 3 is 2.88 bits per heavy atom. The summed E-state index contributed by atoms with van der Waals surface area (Å²) in [6.07, 6.45) is 7.66. The van der Waals surface area contributed by atoms with Gasteiger partial charge in [-0.25, -0.2) is 0 Å². The molecule has 1 aliphatic carbocycles. The van der Waals surface area contributed by atoms with Crippen LogP contribution in [0.15, 0.2) is 12.2 Å². The zero-order valence-electron chi connectivity index (χ0n) is 10.3. The molecule has 0 bridgehead atoms. The molecule has 0 spiro atoms. The van der Waals surface area contributed by atoms with E-state index in [1.54, 1.807) is 0 Å². The minimum absolute atomic E-state index is 0.124. The molecule has 1 aliphatic rings. The van der Waals surface area contributed by atoms with Gasteiger partial charge in [0.05, 0.1) is 0 Å². The third-order valence-electron chi connectivity index (χ3n) is 3.07. The second kappa shape index (κ2) is 6.69. The Morgan fingerprint density at radius 2 is 2.31 bits per heavy atom. The number of carbonyl (C=O) groups is 1. The van der Waals surface area contributed by atoms with Gasteiger partial charge in [0, 0.05) is 25.0 Å². The molecule has 0 fully saturated rings. The first-order chi connectivity index (χ1) is 7.65. The third-order valence-corrected chi connectivity index (χ3v) is 3.07. The topological polar surface area (TPSA) is 49.3 Å². The summed E-state index contributed by atoms with van der Waals surface area (Å²) < 4.78 is 0. The number of nitrogens with one attached hydrogen (secondary N) is 1. The SMILES string of the molecule is CCCC(C)CC(=O)N[C@@H]1C=C[C@H](CO)C1. The molecule has 1 unspecified atom stereocenters. The number of rotatable bonds is 6. The normalized spacial score (nSPS) is 25.7. The molecule has 0 aromatic rings. The Hall–Kier alpha value is -0.830. The van der Waals surface area contributed by atoms with E-state index in [0.717, 1.165) is 19.3 Å². The van der Waals surface area contributed by atoms with Gasteiger partial charge in [-0.05, 0) is 12.3 Å². The van der Waals surface area contributed by atoms with Gasteiger partial charge in [0.25, 0.3) is 0 Å². The van der Waals surface area contributed by atoms with Crippen molar-refractivity contribution in [1.29, 1.82) is 0 Å². The first-order valence-corrected chi connectivity index (χ1v) is 6.24. The van der Waals surface area contributed by atoms with E-state index in [4.69, 9.17) is 5.11 Å². The lowest BCUT2D eigenvalue weighted by Gasteiger charge is -2.15. The molecule has 1 rings (SSSR count). The van der Waals surface area contributed by atoms with Crippen LogP contribution in [0, 0.1) is 11.8 Å². The van der Waals surface area contributed by atoms with Crippen molar-refractivity contribution in [3.05, 3.63) is 12.2 Å². The van der Waals surface area contributed by atoms with Gasteiger partial charge in [0.1, 0.15) is 0 Å². The van der Waals surface area contributed by atoms with Crippen molar-refractivity contribution in [1.82, 2.24) is 5.32 Å². The van der Waals surface area contributed by atoms with Crippen LogP contribution in [0.3, 0.4) is 0 Å². The minimum Gasteiger partial charge on any atom is -0.396 e. The van der Waals surface area contributed by atoms with Gasteiger partial charge in [-0.2, -0.15) is 0 Å². The number of carbonyl (C=O) groups excluding carboxylic acids is 1. The summed E-state index contributed by atoms with van der Waals surface area (Å²) >= 11 is 0. The van der Waals surface area contributed by atoms with Gasteiger partial charge in [0.2, 0.25) is 5.91 Å². The molecule has 0 heterocycles. The highest BCUT2D eigenvalue weighted by molar-refractivity contribution is 5.76. The van der Waals surface area contributed by atoms with Gasteiger partial charge in [-0.1, -0.05) is 38.8 Å². The number of aliphatic hydroxyl groups excluding tert-OH is 1. The van der Waals surface area contributed by atoms with Crippen molar-refractivity contribution in [3.8, 4) is 0 Å². The molecule has 0 aromatic heterocycles. The molecule has 16 heavy (non-hydrogen) atoms. The molecule has 92 valence electrons. The highest BCUT2D eigenvalue weighted by atomic mass is 16.3. The summed E-state index contributed by atoms with van der Waals surface area (Å²) in [7, 11) is 0. The van der Waals surface area contributed by atoms with Crippen molar-refractivity contribution in [2.75, 3.05) is 6.61 Å². The summed E-state index contributed by atoms with van der Waals surface area (Å²) in [5, 5.41) is 12.0. The summed E-state index contributed by atoms with van der Waals surface area (Å²) in [5.74, 6) is 0.816. The van der Waals surface area contributed by atoms with Crippen LogP contribution in [0.1, 0.15) is 39.5 Å². The van der Waals surface area contributed by atoms with E-state index >= 15 is 0 Å². The molecular formula is C13H23NO2. The summed E-state index contributed by atoms with van der Waals surface area (Å²) in [6.45, 7) is 4.43. The van der Waals surface area contributed by atoms with Crippen molar-refractivity contribution < 1.29 is 9.90 Å². The molecule has 0 aliphatic heterocycles. The van der Waals surface area contributed by atoms with E-state index in [1.165, 1.54) is 0 Å². The van der Waals surface area contributed by atoms with Gasteiger partial charge >= 0.3 is 0 Å². The average Bonchev–Trinajstić information content (AvgIpc) is 2.65. The van der Waals surface area contributed by atoms with Gasteiger partial charge in [0.15, 0.2) is 0 Å². The molecule has 3 heteroatoms. The zero-order chi connectivity index (χ0) is 12.0. The summed E-state index contributed by atoms with van der Waals surface area (Å²) in [4.78, 5) is 11.7. The maximum absolute atomic E-state index is 11.7. The Morgan fingerprint density at radius 1 is 1.56 bits per heavy atom. The van der Waals surface area contributed by atoms with Crippen LogP contribution < -0.4 is 5.32 Å². The number of hydrogen-bond acceptors (Lipinski definition) is 2. The molecule has 3 nitrogen and oxygen atoms in total. The molecule has 0 saturated heterocycles. The second-order valence-electron chi connectivity index (χ2n) is 4.84. The van der Waals surface area contributed by atoms with Crippen molar-refractivity contribution in [2.45, 2.75) is 45.6 Å². The second-order valence-corrected chi connectivity index (χ2v) is 4.84. The quantitative estimate of drug-likeness (QED) is 0.678. The third kappa shape index (κ3) is 4.35. The van der Waals surface area contributed by atoms with Gasteiger partial charge in [-0.15, -0.1) is 0 Å². The largest absolute Gasteiger partial charge is 0.396 e. The summed E-state index contributed by atoms with van der Waals surface area (Å²) in [6, 6.07) is 0.124. The van der Waals surface area contributed by atoms with E-state index in [2.05, 4.69) is 19.2 Å². The average molecular weight is 225 g/mol. The lowest BCUT2D eigenvalue weighted by atomic mass is 10.0. The molecule has 0 radical (unpaired) electrons. The van der Waals surface area contributed by atoms with Crippen LogP contribution in [0.4, 0.5) is 0 Å². The fourth-order valence-corrected chi connectivity index (χ4v) is 2.19. The monoisotopic (exact) mass is 225 g/mol. The van der Waals surface area contributed by atoms with Crippen molar-refractivity contribution in [3.63, 3.8) is 0 Å². The maximum Gasteiger partial charge on any atom is 0.220 e. The number of aliphatic hydroxyl groups is 1. The molecule has 3 atom stereocenters. The molecular weight excluding hydrogens is 202 g/mol. The number of hydrogen-bond donors (Lipinski definition) is 2. The van der Waals surface area contributed by atoms with E-state index in [-0.39, 0.29) is 24.5 Å². The molecule has 0 saturated carbocycles. The van der Waals surface area contributed by atoms with Crippen LogP contribution in [0.5, 0.6) is 0 Å². The molecule has 1 amide bonds. The smallest absolute Gasteiger partial charge is 0.220 e. The Kier molecular flexibility index (Phi) is 5.53. The highest BCUT2D eigenvalue weighted by Crippen LogP contribution is 2.17. The summed E-state index contributed by atoms with van der Waals surface area (Å²) in [5.41, 5.74) is 0. The van der Waals surface area contributed by atoms with Crippen molar-refractivity contribution >= 4 is 5.91 Å². The van der Waals surface area contributed by atoms with Crippen molar-refractivity contribution in [2.24, 2.45) is 11.8 Å². The van der Waals surface area contributed by atoms with Crippen LogP contribution in [0.2, 0.25) is 0 Å². The number of amides is 1. The molecule has 0 aromatic carbocycles. The zero-order valence-corrected chi connectivity index (χ0v) is 10.3. The Balaban J connectivity index is 2.23. The van der Waals surface area contributed by atoms with Crippen LogP contribution >= 0.6 is 0 Å². The lowest BCUT2D eigenvalue weighted by molar-refractivity contribution is -0.122. The standard InChI is InChI=1S/C13H23NO2/c1-3-4-10(2)7-13(16)14-12-6-5-11(8-12)9-15/h5-6,10-12,15H,3-4,7-9H2,1-2H3,(H,14,16)/t10?,11-,12+/m0/s1. The Labute approximate surface area is 97.9 Å². The maximum atomic E-state index is 11.7. The van der Waals surface area contributed by atoms with E-state index < -0.39 is 0 Å². The highest BCUT2D eigenvalue weighted by Gasteiger charge is 2.20. The first-order valence-electron chi connectivity index (χ1n) is 6.24. The first kappa shape index (κ1) is 13.2. The fraction of sp³-hybridized carbons (Fsp3) is 0.769. The fourth-order valence-electron chi connectivity index (χ4n) is 2.19. The van der Waals surface area contributed by atoms with Gasteiger partial charge < -0.3 is 10.4 Å². The van der Waals surface area contributed by atoms with E-state index in [9.17, 15) is 4.79 Å². The van der Waals surface area contributed by atoms with E-state index in [0.29, 0.717) is 12.3 Å². The predicted molar refractivity (Wildman–Crippen MR) is 65.0 cm³/mol. The predicted octanol–water partition coefficient (Wildman–Crippen LogP) is 1.87. The lowest BCUT2D eigenvalue weighted by Crippen LogP contribution is -2.33. The van der Waals surface area contributed by atoms with Crippen LogP contribution in [0.25, 0.3) is 0 Å². The van der Waals surface area contributed by atoms with Crippen LogP contribution in [-0.4, -0.2) is 23.7 Å². The minimum atomic E-state index is 0.124. The van der Waals surface area contributed by atoms with E-state index in [1.807, 2.05) is 12.2 Å². The Bertz CT molecular complexity index is 250.